The summed E-state index contributed by atoms with van der Waals surface area (Å²) in [7, 11) is 0. The topological polar surface area (TPSA) is 77.8 Å². The second-order valence-corrected chi connectivity index (χ2v) is 3.06. The van der Waals surface area contributed by atoms with Gasteiger partial charge in [-0.15, -0.1) is 0 Å². The van der Waals surface area contributed by atoms with Crippen LogP contribution in [0.1, 0.15) is 12.8 Å². The Morgan fingerprint density at radius 2 is 1.62 bits per heavy atom. The summed E-state index contributed by atoms with van der Waals surface area (Å²) < 4.78 is 36.5. The molecule has 0 amide bonds. The Morgan fingerprint density at radius 3 is 1.69 bits per heavy atom. The Labute approximate surface area is 70.6 Å². The van der Waals surface area contributed by atoms with E-state index >= 15 is 0 Å². The minimum absolute atomic E-state index is 0.574. The number of hydrogen-bond acceptors (Lipinski definition) is 3. The normalized spacial score (nSPS) is 21.3. The van der Waals surface area contributed by atoms with Crippen molar-refractivity contribution in [1.29, 1.82) is 0 Å². The first-order valence-corrected chi connectivity index (χ1v) is 3.40. The lowest BCUT2D eigenvalue weighted by Gasteiger charge is -2.28. The fourth-order valence-electron chi connectivity index (χ4n) is 1.16. The van der Waals surface area contributed by atoms with Gasteiger partial charge in [-0.3, -0.25) is 0 Å². The van der Waals surface area contributed by atoms with E-state index in [4.69, 9.17) is 15.3 Å². The van der Waals surface area contributed by atoms with Crippen molar-refractivity contribution in [2.45, 2.75) is 24.8 Å². The minimum atomic E-state index is -4.91. The smallest absolute Gasteiger partial charge is 0.400 e. The van der Waals surface area contributed by atoms with Crippen LogP contribution in [0.5, 0.6) is 0 Å². The summed E-state index contributed by atoms with van der Waals surface area (Å²) in [5.41, 5.74) is -2.88. The van der Waals surface area contributed by atoms with Crippen LogP contribution in [0, 0.1) is 5.41 Å². The van der Waals surface area contributed by atoms with E-state index in [0.29, 0.717) is 0 Å². The third-order valence-electron chi connectivity index (χ3n) is 2.26. The number of alkyl halides is 3. The molecule has 4 nitrogen and oxygen atoms in total. The summed E-state index contributed by atoms with van der Waals surface area (Å²) in [4.78, 5) is 10.2. The number of carbonyl (C=O) groups is 1. The Balaban J connectivity index is 3.01. The molecular formula is C6H7F3O4. The van der Waals surface area contributed by atoms with Gasteiger partial charge in [0, 0.05) is 0 Å². The van der Waals surface area contributed by atoms with Gasteiger partial charge in [0.1, 0.15) is 5.41 Å². The lowest BCUT2D eigenvalue weighted by Crippen LogP contribution is -2.53. The van der Waals surface area contributed by atoms with Crippen LogP contribution in [0.25, 0.3) is 0 Å². The summed E-state index contributed by atoms with van der Waals surface area (Å²) in [5, 5.41) is 25.7. The van der Waals surface area contributed by atoms with Crippen LogP contribution in [0.15, 0.2) is 0 Å². The molecule has 7 heteroatoms. The van der Waals surface area contributed by atoms with Crippen molar-refractivity contribution in [3.8, 4) is 0 Å². The fraction of sp³-hybridized carbons (Fsp3) is 0.833. The second-order valence-electron chi connectivity index (χ2n) is 3.06. The average Bonchev–Trinajstić information content (AvgIpc) is 2.61. The number of aliphatic carboxylic acids is 1. The fourth-order valence-corrected chi connectivity index (χ4v) is 1.16. The summed E-state index contributed by atoms with van der Waals surface area (Å²) in [5.74, 6) is -5.99. The van der Waals surface area contributed by atoms with Crippen molar-refractivity contribution in [3.63, 3.8) is 0 Å². The third-order valence-corrected chi connectivity index (χ3v) is 2.26. The van der Waals surface area contributed by atoms with Crippen molar-refractivity contribution in [2.75, 3.05) is 0 Å². The van der Waals surface area contributed by atoms with Crippen LogP contribution in [0.3, 0.4) is 0 Å². The summed E-state index contributed by atoms with van der Waals surface area (Å²) in [6, 6.07) is 0. The first-order chi connectivity index (χ1) is 5.65. The Morgan fingerprint density at radius 1 is 1.23 bits per heavy atom. The number of carboxylic acid groups (broad SMARTS) is 1. The molecular weight excluding hydrogens is 193 g/mol. The van der Waals surface area contributed by atoms with Gasteiger partial charge in [0.2, 0.25) is 0 Å². The zero-order valence-corrected chi connectivity index (χ0v) is 6.30. The predicted molar refractivity (Wildman–Crippen MR) is 32.5 cm³/mol. The van der Waals surface area contributed by atoms with Gasteiger partial charge in [0.05, 0.1) is 0 Å². The van der Waals surface area contributed by atoms with Gasteiger partial charge < -0.3 is 15.3 Å². The van der Waals surface area contributed by atoms with E-state index in [1.54, 1.807) is 0 Å². The molecule has 0 unspecified atom stereocenters. The molecule has 0 saturated heterocycles. The maximum Gasteiger partial charge on any atom is 0.400 e. The van der Waals surface area contributed by atoms with E-state index in [-0.39, 0.29) is 0 Å². The van der Waals surface area contributed by atoms with Gasteiger partial charge >= 0.3 is 12.1 Å². The highest BCUT2D eigenvalue weighted by Gasteiger charge is 2.76. The number of carboxylic acids is 1. The SMILES string of the molecule is O=C(O)C(O)(O)C1(C(F)(F)F)CC1. The van der Waals surface area contributed by atoms with Crippen LogP contribution < -0.4 is 0 Å². The van der Waals surface area contributed by atoms with Gasteiger partial charge in [-0.25, -0.2) is 4.79 Å². The van der Waals surface area contributed by atoms with Crippen molar-refractivity contribution in [2.24, 2.45) is 5.41 Å². The second kappa shape index (κ2) is 2.36. The summed E-state index contributed by atoms with van der Waals surface area (Å²) >= 11 is 0. The Hall–Kier alpha value is -0.820. The first-order valence-electron chi connectivity index (χ1n) is 3.40. The molecule has 0 radical (unpaired) electrons. The lowest BCUT2D eigenvalue weighted by atomic mass is 9.94. The van der Waals surface area contributed by atoms with Crippen LogP contribution in [-0.4, -0.2) is 33.3 Å². The van der Waals surface area contributed by atoms with Gasteiger partial charge in [-0.2, -0.15) is 13.2 Å². The molecule has 1 aliphatic carbocycles. The molecule has 1 aliphatic rings. The van der Waals surface area contributed by atoms with E-state index in [1.807, 2.05) is 0 Å². The molecule has 1 fully saturated rings. The standard InChI is InChI=1S/C6H7F3O4/c7-6(8,9)4(1-2-4)5(12,13)3(10)11/h12-13H,1-2H2,(H,10,11). The molecule has 13 heavy (non-hydrogen) atoms. The number of rotatable bonds is 2. The van der Waals surface area contributed by atoms with Gasteiger partial charge in [0.15, 0.2) is 0 Å². The monoisotopic (exact) mass is 200 g/mol. The van der Waals surface area contributed by atoms with E-state index in [2.05, 4.69) is 0 Å². The highest BCUT2D eigenvalue weighted by Crippen LogP contribution is 2.63. The Kier molecular flexibility index (Phi) is 1.86. The highest BCUT2D eigenvalue weighted by atomic mass is 19.4. The molecule has 1 rings (SSSR count). The minimum Gasteiger partial charge on any atom is -0.477 e. The summed E-state index contributed by atoms with van der Waals surface area (Å²) in [6.45, 7) is 0. The van der Waals surface area contributed by atoms with Crippen LogP contribution in [-0.2, 0) is 4.79 Å². The number of hydrogen-bond donors (Lipinski definition) is 3. The largest absolute Gasteiger partial charge is 0.477 e. The van der Waals surface area contributed by atoms with E-state index < -0.39 is 36.2 Å². The molecule has 0 heterocycles. The maximum atomic E-state index is 12.2. The quantitative estimate of drug-likeness (QED) is 0.552. The zero-order valence-electron chi connectivity index (χ0n) is 6.30. The van der Waals surface area contributed by atoms with Crippen LogP contribution >= 0.6 is 0 Å². The average molecular weight is 200 g/mol. The molecule has 0 atom stereocenters. The molecule has 0 spiro atoms. The molecule has 0 aromatic rings. The maximum absolute atomic E-state index is 12.2. The third kappa shape index (κ3) is 1.19. The predicted octanol–water partition coefficient (Wildman–Crippen LogP) is 0.0944. The summed E-state index contributed by atoms with van der Waals surface area (Å²) in [6.07, 6.45) is -6.06. The van der Waals surface area contributed by atoms with E-state index in [1.165, 1.54) is 0 Å². The van der Waals surface area contributed by atoms with Crippen LogP contribution in [0.4, 0.5) is 13.2 Å². The number of aliphatic hydroxyl groups is 2. The van der Waals surface area contributed by atoms with Crippen molar-refractivity contribution in [3.05, 3.63) is 0 Å². The van der Waals surface area contributed by atoms with E-state index in [0.717, 1.165) is 0 Å². The van der Waals surface area contributed by atoms with Crippen molar-refractivity contribution < 1.29 is 33.3 Å². The molecule has 76 valence electrons. The molecule has 0 bridgehead atoms. The molecule has 0 aliphatic heterocycles. The Bertz CT molecular complexity index is 241. The molecule has 1 saturated carbocycles. The van der Waals surface area contributed by atoms with Crippen LogP contribution in [0.2, 0.25) is 0 Å². The first kappa shape index (κ1) is 10.3. The highest BCUT2D eigenvalue weighted by molar-refractivity contribution is 5.77. The van der Waals surface area contributed by atoms with Crippen molar-refractivity contribution in [1.82, 2.24) is 0 Å². The van der Waals surface area contributed by atoms with Gasteiger partial charge in [-0.1, -0.05) is 0 Å². The van der Waals surface area contributed by atoms with Crippen molar-refractivity contribution >= 4 is 5.97 Å². The van der Waals surface area contributed by atoms with E-state index in [9.17, 15) is 18.0 Å². The molecule has 0 aromatic heterocycles. The molecule has 0 aromatic carbocycles. The zero-order chi connectivity index (χ0) is 10.5. The molecule has 3 N–H and O–H groups in total. The lowest BCUT2D eigenvalue weighted by molar-refractivity contribution is -0.302. The van der Waals surface area contributed by atoms with Gasteiger partial charge in [-0.05, 0) is 12.8 Å². The van der Waals surface area contributed by atoms with Gasteiger partial charge in [0.25, 0.3) is 5.79 Å². The number of halogens is 3.